The third-order valence-corrected chi connectivity index (χ3v) is 4.71. The highest BCUT2D eigenvalue weighted by molar-refractivity contribution is 5.84. The number of para-hydroxylation sites is 1. The molecule has 1 aromatic carbocycles. The molecule has 0 spiro atoms. The van der Waals surface area contributed by atoms with Gasteiger partial charge in [-0.2, -0.15) is 0 Å². The number of nitrogens with one attached hydrogen (secondary N) is 1. The zero-order chi connectivity index (χ0) is 14.7. The Bertz CT molecular complexity index is 581. The summed E-state index contributed by atoms with van der Waals surface area (Å²) >= 11 is 0. The Balaban J connectivity index is 1.96. The van der Waals surface area contributed by atoms with E-state index >= 15 is 0 Å². The summed E-state index contributed by atoms with van der Waals surface area (Å²) in [5, 5.41) is 4.90. The Morgan fingerprint density at radius 2 is 1.95 bits per heavy atom. The minimum absolute atomic E-state index is 0.568. The van der Waals surface area contributed by atoms with Gasteiger partial charge in [0.25, 0.3) is 0 Å². The molecule has 1 fully saturated rings. The van der Waals surface area contributed by atoms with Crippen molar-refractivity contribution in [3.63, 3.8) is 0 Å². The molecule has 1 N–H and O–H groups in total. The van der Waals surface area contributed by atoms with Crippen molar-refractivity contribution in [3.05, 3.63) is 36.0 Å². The lowest BCUT2D eigenvalue weighted by Crippen LogP contribution is -2.45. The van der Waals surface area contributed by atoms with Gasteiger partial charge in [-0.15, -0.1) is 0 Å². The molecule has 1 atom stereocenters. The summed E-state index contributed by atoms with van der Waals surface area (Å²) in [6.07, 6.45) is 6.20. The molecule has 3 nitrogen and oxygen atoms in total. The summed E-state index contributed by atoms with van der Waals surface area (Å²) in [6.45, 7) is 6.86. The number of aryl methyl sites for hydroxylation is 1. The van der Waals surface area contributed by atoms with Crippen LogP contribution in [0.1, 0.15) is 37.8 Å². The summed E-state index contributed by atoms with van der Waals surface area (Å²) in [7, 11) is 2.17. The van der Waals surface area contributed by atoms with E-state index in [1.807, 2.05) is 0 Å². The Kier molecular flexibility index (Phi) is 4.61. The predicted octanol–water partition coefficient (Wildman–Crippen LogP) is 3.31. The highest BCUT2D eigenvalue weighted by atomic mass is 15.2. The molecule has 1 saturated heterocycles. The van der Waals surface area contributed by atoms with E-state index in [2.05, 4.69) is 59.2 Å². The molecule has 3 rings (SSSR count). The summed E-state index contributed by atoms with van der Waals surface area (Å²) < 4.78 is 2.28. The molecule has 3 heteroatoms. The van der Waals surface area contributed by atoms with Crippen molar-refractivity contribution < 1.29 is 0 Å². The van der Waals surface area contributed by atoms with Gasteiger partial charge >= 0.3 is 0 Å². The van der Waals surface area contributed by atoms with Gasteiger partial charge in [-0.25, -0.2) is 0 Å². The lowest BCUT2D eigenvalue weighted by atomic mass is 9.98. The van der Waals surface area contributed by atoms with Crippen LogP contribution in [0.4, 0.5) is 0 Å². The molecule has 0 unspecified atom stereocenters. The van der Waals surface area contributed by atoms with Gasteiger partial charge in [-0.05, 0) is 18.1 Å². The van der Waals surface area contributed by atoms with Crippen LogP contribution in [0.2, 0.25) is 0 Å². The van der Waals surface area contributed by atoms with Crippen LogP contribution in [-0.4, -0.2) is 35.6 Å². The fourth-order valence-electron chi connectivity index (χ4n) is 3.56. The third-order valence-electron chi connectivity index (χ3n) is 4.71. The van der Waals surface area contributed by atoms with E-state index in [4.69, 9.17) is 0 Å². The molecule has 2 heterocycles. The van der Waals surface area contributed by atoms with E-state index in [0.29, 0.717) is 6.04 Å². The zero-order valence-electron chi connectivity index (χ0n) is 13.3. The molecule has 2 aromatic rings. The molecule has 1 aliphatic rings. The van der Waals surface area contributed by atoms with E-state index in [0.717, 1.165) is 26.2 Å². The van der Waals surface area contributed by atoms with Gasteiger partial charge in [0, 0.05) is 56.4 Å². The Labute approximate surface area is 127 Å². The Hall–Kier alpha value is -1.32. The van der Waals surface area contributed by atoms with Crippen LogP contribution in [0.3, 0.4) is 0 Å². The highest BCUT2D eigenvalue weighted by Gasteiger charge is 2.24. The Morgan fingerprint density at radius 1 is 1.19 bits per heavy atom. The number of fused-ring (bicyclic) bond motifs is 1. The van der Waals surface area contributed by atoms with Crippen molar-refractivity contribution in [3.8, 4) is 0 Å². The van der Waals surface area contributed by atoms with E-state index in [-0.39, 0.29) is 0 Å². The van der Waals surface area contributed by atoms with Crippen molar-refractivity contribution >= 4 is 10.9 Å². The first kappa shape index (κ1) is 14.6. The van der Waals surface area contributed by atoms with Crippen LogP contribution >= 0.6 is 0 Å². The van der Waals surface area contributed by atoms with Crippen LogP contribution < -0.4 is 5.32 Å². The average molecular weight is 285 g/mol. The second kappa shape index (κ2) is 6.63. The first-order valence-corrected chi connectivity index (χ1v) is 8.30. The molecule has 0 amide bonds. The largest absolute Gasteiger partial charge is 0.350 e. The number of unbranched alkanes of at least 4 members (excludes halogenated alkanes) is 1. The summed E-state index contributed by atoms with van der Waals surface area (Å²) in [4.78, 5) is 2.67. The molecule has 0 aliphatic carbocycles. The van der Waals surface area contributed by atoms with Crippen molar-refractivity contribution in [1.82, 2.24) is 14.8 Å². The first-order chi connectivity index (χ1) is 10.3. The lowest BCUT2D eigenvalue weighted by molar-refractivity contribution is 0.164. The van der Waals surface area contributed by atoms with E-state index < -0.39 is 0 Å². The normalized spacial score (nSPS) is 18.2. The van der Waals surface area contributed by atoms with Crippen molar-refractivity contribution in [1.29, 1.82) is 0 Å². The molecule has 114 valence electrons. The van der Waals surface area contributed by atoms with Gasteiger partial charge < -0.3 is 9.88 Å². The van der Waals surface area contributed by atoms with Crippen LogP contribution in [0.15, 0.2) is 30.5 Å². The summed E-state index contributed by atoms with van der Waals surface area (Å²) in [6, 6.07) is 9.38. The fraction of sp³-hybridized carbons (Fsp3) is 0.556. The van der Waals surface area contributed by atoms with Crippen LogP contribution in [0.5, 0.6) is 0 Å². The molecular weight excluding hydrogens is 258 g/mol. The van der Waals surface area contributed by atoms with Gasteiger partial charge in [-0.3, -0.25) is 4.90 Å². The van der Waals surface area contributed by atoms with Gasteiger partial charge in [0.1, 0.15) is 0 Å². The standard InChI is InChI=1S/C18H27N3/c1-3-4-8-18(21-12-10-19-11-13-21)16-14-20(2)17-9-6-5-7-15(16)17/h5-7,9,14,18-19H,3-4,8,10-13H2,1-2H3/t18-/m1/s1. The van der Waals surface area contributed by atoms with Gasteiger partial charge in [0.2, 0.25) is 0 Å². The van der Waals surface area contributed by atoms with E-state index in [9.17, 15) is 0 Å². The number of piperazine rings is 1. The maximum Gasteiger partial charge on any atom is 0.0481 e. The van der Waals surface area contributed by atoms with Crippen molar-refractivity contribution in [2.45, 2.75) is 32.2 Å². The SMILES string of the molecule is CCCC[C@H](c1cn(C)c2ccccc12)N1CCNCC1. The minimum Gasteiger partial charge on any atom is -0.350 e. The van der Waals surface area contributed by atoms with Gasteiger partial charge in [-0.1, -0.05) is 38.0 Å². The predicted molar refractivity (Wildman–Crippen MR) is 89.6 cm³/mol. The number of benzene rings is 1. The molecule has 0 saturated carbocycles. The van der Waals surface area contributed by atoms with Gasteiger partial charge in [0.05, 0.1) is 0 Å². The number of aromatic nitrogens is 1. The monoisotopic (exact) mass is 285 g/mol. The summed E-state index contributed by atoms with van der Waals surface area (Å²) in [5.41, 5.74) is 2.87. The van der Waals surface area contributed by atoms with Crippen LogP contribution in [-0.2, 0) is 7.05 Å². The highest BCUT2D eigenvalue weighted by Crippen LogP contribution is 2.33. The number of rotatable bonds is 5. The second-order valence-corrected chi connectivity index (χ2v) is 6.16. The van der Waals surface area contributed by atoms with Crippen molar-refractivity contribution in [2.75, 3.05) is 26.2 Å². The topological polar surface area (TPSA) is 20.2 Å². The molecule has 1 aliphatic heterocycles. The molecular formula is C18H27N3. The smallest absolute Gasteiger partial charge is 0.0481 e. The maximum atomic E-state index is 3.47. The number of hydrogen-bond donors (Lipinski definition) is 1. The molecule has 1 aromatic heterocycles. The molecule has 0 bridgehead atoms. The second-order valence-electron chi connectivity index (χ2n) is 6.16. The maximum absolute atomic E-state index is 3.47. The quantitative estimate of drug-likeness (QED) is 0.909. The first-order valence-electron chi connectivity index (χ1n) is 8.30. The average Bonchev–Trinajstić information content (AvgIpc) is 2.87. The van der Waals surface area contributed by atoms with Gasteiger partial charge in [0.15, 0.2) is 0 Å². The van der Waals surface area contributed by atoms with Crippen molar-refractivity contribution in [2.24, 2.45) is 7.05 Å². The zero-order valence-corrected chi connectivity index (χ0v) is 13.3. The third kappa shape index (κ3) is 2.99. The lowest BCUT2D eigenvalue weighted by Gasteiger charge is -2.35. The molecule has 0 radical (unpaired) electrons. The Morgan fingerprint density at radius 3 is 2.71 bits per heavy atom. The molecule has 21 heavy (non-hydrogen) atoms. The fourth-order valence-corrected chi connectivity index (χ4v) is 3.56. The van der Waals surface area contributed by atoms with E-state index in [1.165, 1.54) is 35.7 Å². The minimum atomic E-state index is 0.568. The van der Waals surface area contributed by atoms with Crippen LogP contribution in [0, 0.1) is 0 Å². The number of nitrogens with zero attached hydrogens (tertiary/aromatic N) is 2. The number of hydrogen-bond acceptors (Lipinski definition) is 2. The van der Waals surface area contributed by atoms with Crippen LogP contribution in [0.25, 0.3) is 10.9 Å². The van der Waals surface area contributed by atoms with E-state index in [1.54, 1.807) is 0 Å². The summed E-state index contributed by atoms with van der Waals surface area (Å²) in [5.74, 6) is 0.